The number of hydrogen-bond acceptors (Lipinski definition) is 2. The molecule has 0 radical (unpaired) electrons. The summed E-state index contributed by atoms with van der Waals surface area (Å²) in [6, 6.07) is 12.1. The Balaban J connectivity index is 0.000000853. The quantitative estimate of drug-likeness (QED) is 0.580. The first-order chi connectivity index (χ1) is 6.95. The third-order valence-electron chi connectivity index (χ3n) is 2.34. The molecule has 0 bridgehead atoms. The molecule has 0 spiro atoms. The van der Waals surface area contributed by atoms with Crippen LogP contribution in [0.3, 0.4) is 0 Å². The van der Waals surface area contributed by atoms with Crippen molar-refractivity contribution in [1.29, 1.82) is 0 Å². The summed E-state index contributed by atoms with van der Waals surface area (Å²) in [6.07, 6.45) is 3.60. The average Bonchev–Trinajstić information content (AvgIpc) is 2.29. The number of aromatic nitrogens is 2. The van der Waals surface area contributed by atoms with Crippen LogP contribution in [0, 0.1) is 0 Å². The van der Waals surface area contributed by atoms with Crippen LogP contribution in [-0.4, -0.2) is 9.97 Å². The number of fused-ring (bicyclic) bond motifs is 3. The van der Waals surface area contributed by atoms with E-state index in [9.17, 15) is 0 Å². The standard InChI is InChI=1S/C12H8N2.BrH/c1-3-9-5-6-10-4-2-8-14-12(10)11(9)13-7-1;/h1-8H;1H. The lowest BCUT2D eigenvalue weighted by Crippen LogP contribution is -1.83. The van der Waals surface area contributed by atoms with Crippen LogP contribution in [0.2, 0.25) is 0 Å². The minimum atomic E-state index is 0. The molecule has 0 aliphatic rings. The third-order valence-corrected chi connectivity index (χ3v) is 2.34. The Labute approximate surface area is 97.7 Å². The summed E-state index contributed by atoms with van der Waals surface area (Å²) in [5.74, 6) is 0. The molecule has 1 aromatic carbocycles. The van der Waals surface area contributed by atoms with Gasteiger partial charge in [0.2, 0.25) is 0 Å². The molecule has 0 aliphatic heterocycles. The van der Waals surface area contributed by atoms with Gasteiger partial charge in [-0.3, -0.25) is 9.97 Å². The first-order valence-electron chi connectivity index (χ1n) is 4.53. The molecule has 2 nitrogen and oxygen atoms in total. The van der Waals surface area contributed by atoms with Gasteiger partial charge in [0.25, 0.3) is 0 Å². The normalized spacial score (nSPS) is 10.1. The smallest absolute Gasteiger partial charge is 0.0964 e. The zero-order chi connectivity index (χ0) is 9.38. The van der Waals surface area contributed by atoms with Gasteiger partial charge in [0, 0.05) is 23.2 Å². The minimum Gasteiger partial charge on any atom is -0.254 e. The molecule has 15 heavy (non-hydrogen) atoms. The van der Waals surface area contributed by atoms with Crippen molar-refractivity contribution in [3.8, 4) is 0 Å². The van der Waals surface area contributed by atoms with E-state index < -0.39 is 0 Å². The van der Waals surface area contributed by atoms with Crippen molar-refractivity contribution in [3.63, 3.8) is 0 Å². The molecule has 3 aromatic rings. The lowest BCUT2D eigenvalue weighted by Gasteiger charge is -2.00. The van der Waals surface area contributed by atoms with Crippen LogP contribution in [0.25, 0.3) is 21.8 Å². The maximum Gasteiger partial charge on any atom is 0.0964 e. The molecule has 2 heterocycles. The fourth-order valence-corrected chi connectivity index (χ4v) is 1.68. The van der Waals surface area contributed by atoms with E-state index >= 15 is 0 Å². The molecule has 2 aromatic heterocycles. The lowest BCUT2D eigenvalue weighted by atomic mass is 10.1. The SMILES string of the molecule is Br.c1cnc2c(c1)ccc1cccnc12. The Morgan fingerprint density at radius 3 is 1.60 bits per heavy atom. The van der Waals surface area contributed by atoms with Crippen LogP contribution in [0.4, 0.5) is 0 Å². The van der Waals surface area contributed by atoms with Gasteiger partial charge in [-0.1, -0.05) is 24.3 Å². The molecule has 74 valence electrons. The van der Waals surface area contributed by atoms with Gasteiger partial charge in [-0.2, -0.15) is 0 Å². The van der Waals surface area contributed by atoms with E-state index in [1.807, 2.05) is 12.1 Å². The highest BCUT2D eigenvalue weighted by Gasteiger charge is 2.00. The second-order valence-corrected chi connectivity index (χ2v) is 3.22. The highest BCUT2D eigenvalue weighted by Crippen LogP contribution is 2.20. The van der Waals surface area contributed by atoms with Crippen molar-refractivity contribution in [2.45, 2.75) is 0 Å². The Morgan fingerprint density at radius 1 is 0.667 bits per heavy atom. The molecular formula is C12H9BrN2. The summed E-state index contributed by atoms with van der Waals surface area (Å²) in [5.41, 5.74) is 1.95. The van der Waals surface area contributed by atoms with E-state index in [2.05, 4.69) is 34.2 Å². The van der Waals surface area contributed by atoms with E-state index in [0.717, 1.165) is 21.8 Å². The summed E-state index contributed by atoms with van der Waals surface area (Å²) in [4.78, 5) is 8.69. The Morgan fingerprint density at radius 2 is 1.13 bits per heavy atom. The summed E-state index contributed by atoms with van der Waals surface area (Å²) in [6.45, 7) is 0. The van der Waals surface area contributed by atoms with Gasteiger partial charge in [-0.15, -0.1) is 17.0 Å². The Hall–Kier alpha value is -1.48. The van der Waals surface area contributed by atoms with Crippen LogP contribution in [0.5, 0.6) is 0 Å². The Bertz CT molecular complexity index is 553. The van der Waals surface area contributed by atoms with E-state index in [1.165, 1.54) is 0 Å². The first kappa shape index (κ1) is 10.1. The number of pyridine rings is 2. The zero-order valence-corrected chi connectivity index (χ0v) is 9.63. The topological polar surface area (TPSA) is 25.8 Å². The van der Waals surface area contributed by atoms with E-state index in [-0.39, 0.29) is 17.0 Å². The predicted octanol–water partition coefficient (Wildman–Crippen LogP) is 3.36. The molecule has 0 saturated carbocycles. The molecule has 3 rings (SSSR count). The highest BCUT2D eigenvalue weighted by molar-refractivity contribution is 8.93. The van der Waals surface area contributed by atoms with E-state index in [4.69, 9.17) is 0 Å². The van der Waals surface area contributed by atoms with Crippen molar-refractivity contribution in [2.75, 3.05) is 0 Å². The maximum absolute atomic E-state index is 4.35. The summed E-state index contributed by atoms with van der Waals surface area (Å²) in [7, 11) is 0. The second kappa shape index (κ2) is 3.95. The fourth-order valence-electron chi connectivity index (χ4n) is 1.68. The van der Waals surface area contributed by atoms with Crippen molar-refractivity contribution in [2.24, 2.45) is 0 Å². The molecule has 0 saturated heterocycles. The first-order valence-corrected chi connectivity index (χ1v) is 4.53. The van der Waals surface area contributed by atoms with Crippen molar-refractivity contribution in [3.05, 3.63) is 48.8 Å². The number of nitrogens with zero attached hydrogens (tertiary/aromatic N) is 2. The highest BCUT2D eigenvalue weighted by atomic mass is 79.9. The van der Waals surface area contributed by atoms with Gasteiger partial charge >= 0.3 is 0 Å². The fraction of sp³-hybridized carbons (Fsp3) is 0. The van der Waals surface area contributed by atoms with E-state index in [0.29, 0.717) is 0 Å². The second-order valence-electron chi connectivity index (χ2n) is 3.22. The number of benzene rings is 1. The van der Waals surface area contributed by atoms with Crippen LogP contribution >= 0.6 is 17.0 Å². The monoisotopic (exact) mass is 260 g/mol. The summed E-state index contributed by atoms with van der Waals surface area (Å²) in [5, 5.41) is 2.28. The summed E-state index contributed by atoms with van der Waals surface area (Å²) >= 11 is 0. The lowest BCUT2D eigenvalue weighted by molar-refractivity contribution is 1.37. The van der Waals surface area contributed by atoms with Gasteiger partial charge in [0.05, 0.1) is 11.0 Å². The Kier molecular flexibility index (Phi) is 2.64. The van der Waals surface area contributed by atoms with Gasteiger partial charge < -0.3 is 0 Å². The number of hydrogen-bond donors (Lipinski definition) is 0. The van der Waals surface area contributed by atoms with Gasteiger partial charge in [0.15, 0.2) is 0 Å². The van der Waals surface area contributed by atoms with Crippen LogP contribution in [0.15, 0.2) is 48.8 Å². The zero-order valence-electron chi connectivity index (χ0n) is 7.92. The summed E-state index contributed by atoms with van der Waals surface area (Å²) < 4.78 is 0. The van der Waals surface area contributed by atoms with Gasteiger partial charge in [-0.05, 0) is 12.1 Å². The third kappa shape index (κ3) is 1.59. The molecule has 0 atom stereocenters. The number of rotatable bonds is 0. The van der Waals surface area contributed by atoms with Crippen molar-refractivity contribution < 1.29 is 0 Å². The average molecular weight is 261 g/mol. The predicted molar refractivity (Wildman–Crippen MR) is 67.4 cm³/mol. The van der Waals surface area contributed by atoms with E-state index in [1.54, 1.807) is 12.4 Å². The maximum atomic E-state index is 4.35. The van der Waals surface area contributed by atoms with Gasteiger partial charge in [0.1, 0.15) is 0 Å². The van der Waals surface area contributed by atoms with Gasteiger partial charge in [-0.25, -0.2) is 0 Å². The number of halogens is 1. The minimum absolute atomic E-state index is 0. The van der Waals surface area contributed by atoms with Crippen LogP contribution < -0.4 is 0 Å². The molecule has 0 aliphatic carbocycles. The largest absolute Gasteiger partial charge is 0.254 e. The van der Waals surface area contributed by atoms with Crippen LogP contribution in [0.1, 0.15) is 0 Å². The molecular weight excluding hydrogens is 252 g/mol. The van der Waals surface area contributed by atoms with Crippen molar-refractivity contribution in [1.82, 2.24) is 9.97 Å². The molecule has 0 unspecified atom stereocenters. The van der Waals surface area contributed by atoms with Crippen molar-refractivity contribution >= 4 is 38.8 Å². The molecule has 0 fully saturated rings. The molecule has 0 amide bonds. The van der Waals surface area contributed by atoms with Crippen LogP contribution in [-0.2, 0) is 0 Å². The molecule has 3 heteroatoms. The molecule has 0 N–H and O–H groups in total.